The van der Waals surface area contributed by atoms with E-state index in [1.54, 1.807) is 30.3 Å². The molecule has 1 N–H and O–H groups in total. The molecule has 0 aromatic heterocycles. The topological polar surface area (TPSA) is 75.7 Å². The summed E-state index contributed by atoms with van der Waals surface area (Å²) in [6, 6.07) is 11.4. The molecule has 0 saturated carbocycles. The van der Waals surface area contributed by atoms with E-state index < -0.39 is 10.0 Å². The number of sulfonamides is 1. The minimum Gasteiger partial charge on any atom is -0.495 e. The molecule has 6 nitrogen and oxygen atoms in total. The minimum absolute atomic E-state index is 0.00991. The molecule has 2 aromatic carbocycles. The van der Waals surface area contributed by atoms with Crippen molar-refractivity contribution < 1.29 is 17.9 Å². The van der Waals surface area contributed by atoms with Crippen LogP contribution in [0.15, 0.2) is 47.4 Å². The molecule has 2 rings (SSSR count). The van der Waals surface area contributed by atoms with Gasteiger partial charge in [-0.1, -0.05) is 23.7 Å². The summed E-state index contributed by atoms with van der Waals surface area (Å²) in [6.07, 6.45) is 0.152. The van der Waals surface area contributed by atoms with Gasteiger partial charge in [-0.2, -0.15) is 0 Å². The second-order valence-corrected chi connectivity index (χ2v) is 8.06. The number of carbonyl (C=O) groups excluding carboxylic acids is 1. The largest absolute Gasteiger partial charge is 0.495 e. The standard InChI is InChI=1S/C17H19ClN2O4S/c1-20(2)25(22,23)16-11-14(8-9-15(16)24-3)19-17(21)10-12-4-6-13(18)7-5-12/h4-9,11H,10H2,1-3H3,(H,19,21). The number of rotatable bonds is 6. The fraction of sp³-hybridized carbons (Fsp3) is 0.235. The number of nitrogens with zero attached hydrogens (tertiary/aromatic N) is 1. The highest BCUT2D eigenvalue weighted by molar-refractivity contribution is 7.89. The molecule has 0 aliphatic heterocycles. The Morgan fingerprint density at radius 2 is 1.80 bits per heavy atom. The van der Waals surface area contributed by atoms with Crippen LogP contribution in [0.4, 0.5) is 5.69 Å². The second kappa shape index (κ2) is 7.86. The molecular formula is C17H19ClN2O4S. The van der Waals surface area contributed by atoms with Gasteiger partial charge in [0.2, 0.25) is 15.9 Å². The van der Waals surface area contributed by atoms with E-state index in [0.717, 1.165) is 9.87 Å². The molecule has 0 saturated heterocycles. The number of carbonyl (C=O) groups is 1. The first-order chi connectivity index (χ1) is 11.7. The first-order valence-electron chi connectivity index (χ1n) is 7.39. The maximum Gasteiger partial charge on any atom is 0.246 e. The predicted octanol–water partition coefficient (Wildman–Crippen LogP) is 2.78. The molecular weight excluding hydrogens is 364 g/mol. The smallest absolute Gasteiger partial charge is 0.246 e. The number of nitrogens with one attached hydrogen (secondary N) is 1. The van der Waals surface area contributed by atoms with Gasteiger partial charge in [0.05, 0.1) is 13.5 Å². The monoisotopic (exact) mass is 382 g/mol. The van der Waals surface area contributed by atoms with E-state index in [2.05, 4.69) is 5.32 Å². The number of amides is 1. The van der Waals surface area contributed by atoms with Crippen LogP contribution in [-0.4, -0.2) is 39.8 Å². The van der Waals surface area contributed by atoms with E-state index in [1.807, 2.05) is 0 Å². The van der Waals surface area contributed by atoms with Crippen LogP contribution in [0, 0.1) is 0 Å². The number of methoxy groups -OCH3 is 1. The third-order valence-corrected chi connectivity index (χ3v) is 5.57. The summed E-state index contributed by atoms with van der Waals surface area (Å²) in [7, 11) is 0.555. The van der Waals surface area contributed by atoms with Gasteiger partial charge in [0.15, 0.2) is 0 Å². The third-order valence-electron chi connectivity index (χ3n) is 3.48. The minimum atomic E-state index is -3.70. The molecule has 1 amide bonds. The molecule has 0 fully saturated rings. The van der Waals surface area contributed by atoms with Crippen molar-refractivity contribution >= 4 is 33.2 Å². The van der Waals surface area contributed by atoms with E-state index in [9.17, 15) is 13.2 Å². The zero-order chi connectivity index (χ0) is 18.6. The summed E-state index contributed by atoms with van der Waals surface area (Å²) >= 11 is 5.82. The number of hydrogen-bond acceptors (Lipinski definition) is 4. The highest BCUT2D eigenvalue weighted by Crippen LogP contribution is 2.28. The van der Waals surface area contributed by atoms with Crippen LogP contribution in [0.5, 0.6) is 5.75 Å². The molecule has 2 aromatic rings. The van der Waals surface area contributed by atoms with E-state index in [4.69, 9.17) is 16.3 Å². The fourth-order valence-electron chi connectivity index (χ4n) is 2.15. The van der Waals surface area contributed by atoms with Crippen molar-refractivity contribution in [3.63, 3.8) is 0 Å². The molecule has 134 valence electrons. The molecule has 0 heterocycles. The van der Waals surface area contributed by atoms with Gasteiger partial charge in [-0.3, -0.25) is 4.79 Å². The number of halogens is 1. The van der Waals surface area contributed by atoms with Crippen molar-refractivity contribution in [2.24, 2.45) is 0 Å². The van der Waals surface area contributed by atoms with Crippen LogP contribution < -0.4 is 10.1 Å². The molecule has 0 unspecified atom stereocenters. The van der Waals surface area contributed by atoms with E-state index in [0.29, 0.717) is 10.7 Å². The lowest BCUT2D eigenvalue weighted by molar-refractivity contribution is -0.115. The molecule has 8 heteroatoms. The predicted molar refractivity (Wildman–Crippen MR) is 97.7 cm³/mol. The Morgan fingerprint density at radius 3 is 2.36 bits per heavy atom. The van der Waals surface area contributed by atoms with Crippen molar-refractivity contribution in [2.75, 3.05) is 26.5 Å². The SMILES string of the molecule is COc1ccc(NC(=O)Cc2ccc(Cl)cc2)cc1S(=O)(=O)N(C)C. The number of benzene rings is 2. The summed E-state index contributed by atoms with van der Waals surface area (Å²) < 4.78 is 31.0. The first-order valence-corrected chi connectivity index (χ1v) is 9.20. The lowest BCUT2D eigenvalue weighted by Gasteiger charge is -2.16. The fourth-order valence-corrected chi connectivity index (χ4v) is 3.35. The van der Waals surface area contributed by atoms with Crippen molar-refractivity contribution in [2.45, 2.75) is 11.3 Å². The maximum atomic E-state index is 12.4. The maximum absolute atomic E-state index is 12.4. The molecule has 0 aliphatic carbocycles. The molecule has 0 spiro atoms. The lowest BCUT2D eigenvalue weighted by atomic mass is 10.1. The normalized spacial score (nSPS) is 11.4. The van der Waals surface area contributed by atoms with Gasteiger partial charge in [-0.15, -0.1) is 0 Å². The Kier molecular flexibility index (Phi) is 6.05. The quantitative estimate of drug-likeness (QED) is 0.833. The summed E-state index contributed by atoms with van der Waals surface area (Å²) in [4.78, 5) is 12.2. The van der Waals surface area contributed by atoms with Gasteiger partial charge >= 0.3 is 0 Å². The highest BCUT2D eigenvalue weighted by atomic mass is 35.5. The van der Waals surface area contributed by atoms with Crippen LogP contribution >= 0.6 is 11.6 Å². The van der Waals surface area contributed by atoms with Crippen LogP contribution in [0.2, 0.25) is 5.02 Å². The zero-order valence-electron chi connectivity index (χ0n) is 14.1. The van der Waals surface area contributed by atoms with Crippen molar-refractivity contribution in [1.29, 1.82) is 0 Å². The molecule has 0 bridgehead atoms. The van der Waals surface area contributed by atoms with Crippen molar-refractivity contribution in [3.05, 3.63) is 53.1 Å². The van der Waals surface area contributed by atoms with Gasteiger partial charge in [0, 0.05) is 24.8 Å². The van der Waals surface area contributed by atoms with Gasteiger partial charge in [-0.25, -0.2) is 12.7 Å². The first kappa shape index (κ1) is 19.2. The van der Waals surface area contributed by atoms with Crippen molar-refractivity contribution in [1.82, 2.24) is 4.31 Å². The zero-order valence-corrected chi connectivity index (χ0v) is 15.7. The molecule has 25 heavy (non-hydrogen) atoms. The van der Waals surface area contributed by atoms with Crippen molar-refractivity contribution in [3.8, 4) is 5.75 Å². The average Bonchev–Trinajstić information content (AvgIpc) is 2.56. The second-order valence-electron chi connectivity index (χ2n) is 5.50. The van der Waals surface area contributed by atoms with Crippen LogP contribution in [0.1, 0.15) is 5.56 Å². The van der Waals surface area contributed by atoms with Crippen LogP contribution in [0.3, 0.4) is 0 Å². The Bertz CT molecular complexity index is 865. The summed E-state index contributed by atoms with van der Waals surface area (Å²) in [5, 5.41) is 3.29. The Morgan fingerprint density at radius 1 is 1.16 bits per heavy atom. The van der Waals surface area contributed by atoms with Gasteiger partial charge in [-0.05, 0) is 35.9 Å². The number of anilines is 1. The third kappa shape index (κ3) is 4.72. The van der Waals surface area contributed by atoms with Gasteiger partial charge in [0.1, 0.15) is 10.6 Å². The Hall–Kier alpha value is -2.09. The van der Waals surface area contributed by atoms with E-state index >= 15 is 0 Å². The number of hydrogen-bond donors (Lipinski definition) is 1. The summed E-state index contributed by atoms with van der Waals surface area (Å²) in [6.45, 7) is 0. The summed E-state index contributed by atoms with van der Waals surface area (Å²) in [5.74, 6) is -0.0508. The lowest BCUT2D eigenvalue weighted by Crippen LogP contribution is -2.23. The molecule has 0 aliphatic rings. The van der Waals surface area contributed by atoms with E-state index in [1.165, 1.54) is 33.3 Å². The Labute approximate surface area is 152 Å². The highest BCUT2D eigenvalue weighted by Gasteiger charge is 2.23. The van der Waals surface area contributed by atoms with Crippen LogP contribution in [0.25, 0.3) is 0 Å². The van der Waals surface area contributed by atoms with Gasteiger partial charge < -0.3 is 10.1 Å². The number of ether oxygens (including phenoxy) is 1. The molecule has 0 radical (unpaired) electrons. The Balaban J connectivity index is 2.22. The van der Waals surface area contributed by atoms with Gasteiger partial charge in [0.25, 0.3) is 0 Å². The summed E-state index contributed by atoms with van der Waals surface area (Å²) in [5.41, 5.74) is 1.18. The van der Waals surface area contributed by atoms with Crippen LogP contribution in [-0.2, 0) is 21.2 Å². The molecule has 0 atom stereocenters. The average molecular weight is 383 g/mol. The van der Waals surface area contributed by atoms with E-state index in [-0.39, 0.29) is 23.0 Å².